The smallest absolute Gasteiger partial charge is 0.258 e. The zero-order valence-electron chi connectivity index (χ0n) is 14.3. The zero-order chi connectivity index (χ0) is 19.0. The van der Waals surface area contributed by atoms with E-state index in [0.29, 0.717) is 22.7 Å². The molecule has 0 spiro atoms. The van der Waals surface area contributed by atoms with E-state index in [-0.39, 0.29) is 5.56 Å². The molecule has 0 unspecified atom stereocenters. The van der Waals surface area contributed by atoms with E-state index in [1.165, 1.54) is 12.1 Å². The molecule has 0 atom stereocenters. The summed E-state index contributed by atoms with van der Waals surface area (Å²) in [6, 6.07) is 16.8. The Hall–Kier alpha value is -2.99. The summed E-state index contributed by atoms with van der Waals surface area (Å²) >= 11 is 3.48. The number of carbonyl (C=O) groups excluding carboxylic acids is 1. The van der Waals surface area contributed by atoms with Crippen LogP contribution < -0.4 is 5.32 Å². The standard InChI is InChI=1S/C21H14BrFN2O2/c1-12-10-13(6-8-16(12)22)21-25-18-11-14(7-9-19(18)27-21)24-20(26)15-4-2-3-5-17(15)23/h2-11H,1H3,(H,24,26). The van der Waals surface area contributed by atoms with Crippen LogP contribution in [-0.4, -0.2) is 10.9 Å². The maximum atomic E-state index is 13.8. The Morgan fingerprint density at radius 1 is 1.11 bits per heavy atom. The molecule has 4 aromatic rings. The molecule has 0 saturated carbocycles. The maximum Gasteiger partial charge on any atom is 0.258 e. The van der Waals surface area contributed by atoms with Gasteiger partial charge < -0.3 is 9.73 Å². The van der Waals surface area contributed by atoms with Gasteiger partial charge in [0.25, 0.3) is 5.91 Å². The minimum atomic E-state index is -0.564. The molecular weight excluding hydrogens is 411 g/mol. The summed E-state index contributed by atoms with van der Waals surface area (Å²) in [5.74, 6) is -0.580. The highest BCUT2D eigenvalue weighted by molar-refractivity contribution is 9.10. The highest BCUT2D eigenvalue weighted by Gasteiger charge is 2.13. The molecule has 0 saturated heterocycles. The summed E-state index contributed by atoms with van der Waals surface area (Å²) in [4.78, 5) is 16.8. The number of fused-ring (bicyclic) bond motifs is 1. The number of halogens is 2. The molecule has 0 bridgehead atoms. The van der Waals surface area contributed by atoms with Crippen LogP contribution in [-0.2, 0) is 0 Å². The number of oxazole rings is 1. The van der Waals surface area contributed by atoms with Crippen LogP contribution in [0.1, 0.15) is 15.9 Å². The molecule has 4 rings (SSSR count). The third-order valence-corrected chi connectivity index (χ3v) is 5.06. The van der Waals surface area contributed by atoms with Gasteiger partial charge >= 0.3 is 0 Å². The summed E-state index contributed by atoms with van der Waals surface area (Å²) in [7, 11) is 0. The summed E-state index contributed by atoms with van der Waals surface area (Å²) < 4.78 is 20.6. The molecule has 0 aliphatic heterocycles. The van der Waals surface area contributed by atoms with E-state index in [1.807, 2.05) is 25.1 Å². The van der Waals surface area contributed by atoms with Gasteiger partial charge in [-0.05, 0) is 61.0 Å². The van der Waals surface area contributed by atoms with Crippen LogP contribution in [0.25, 0.3) is 22.6 Å². The molecule has 134 valence electrons. The van der Waals surface area contributed by atoms with Gasteiger partial charge in [-0.1, -0.05) is 28.1 Å². The third-order valence-electron chi connectivity index (χ3n) is 4.17. The molecule has 27 heavy (non-hydrogen) atoms. The molecule has 4 nitrogen and oxygen atoms in total. The first-order chi connectivity index (χ1) is 13.0. The van der Waals surface area contributed by atoms with Crippen molar-refractivity contribution in [1.29, 1.82) is 0 Å². The normalized spacial score (nSPS) is 10.9. The monoisotopic (exact) mass is 424 g/mol. The van der Waals surface area contributed by atoms with Crippen molar-refractivity contribution in [2.45, 2.75) is 6.92 Å². The number of aromatic nitrogens is 1. The van der Waals surface area contributed by atoms with E-state index in [1.54, 1.807) is 30.3 Å². The average Bonchev–Trinajstić information content (AvgIpc) is 3.07. The highest BCUT2D eigenvalue weighted by atomic mass is 79.9. The quantitative estimate of drug-likeness (QED) is 0.441. The van der Waals surface area contributed by atoms with Crippen LogP contribution in [0.4, 0.5) is 10.1 Å². The van der Waals surface area contributed by atoms with Crippen LogP contribution in [0.3, 0.4) is 0 Å². The van der Waals surface area contributed by atoms with Crippen molar-refractivity contribution in [2.24, 2.45) is 0 Å². The van der Waals surface area contributed by atoms with Gasteiger partial charge in [0.15, 0.2) is 5.58 Å². The van der Waals surface area contributed by atoms with Gasteiger partial charge in [-0.3, -0.25) is 4.79 Å². The Bertz CT molecular complexity index is 1170. The molecule has 0 fully saturated rings. The van der Waals surface area contributed by atoms with Crippen LogP contribution in [0.2, 0.25) is 0 Å². The summed E-state index contributed by atoms with van der Waals surface area (Å²) in [6.45, 7) is 1.99. The van der Waals surface area contributed by atoms with Crippen molar-refractivity contribution in [3.63, 3.8) is 0 Å². The topological polar surface area (TPSA) is 55.1 Å². The van der Waals surface area contributed by atoms with E-state index in [9.17, 15) is 9.18 Å². The number of benzene rings is 3. The van der Waals surface area contributed by atoms with Crippen molar-refractivity contribution in [3.05, 3.63) is 82.1 Å². The summed E-state index contributed by atoms with van der Waals surface area (Å²) in [5, 5.41) is 2.69. The second kappa shape index (κ2) is 6.96. The van der Waals surface area contributed by atoms with Crippen LogP contribution in [0.15, 0.2) is 69.6 Å². The second-order valence-electron chi connectivity index (χ2n) is 6.10. The van der Waals surface area contributed by atoms with Gasteiger partial charge in [-0.2, -0.15) is 0 Å². The SMILES string of the molecule is Cc1cc(-c2nc3cc(NC(=O)c4ccccc4F)ccc3o2)ccc1Br. The molecular formula is C21H14BrFN2O2. The van der Waals surface area contributed by atoms with Gasteiger partial charge in [0.1, 0.15) is 11.3 Å². The largest absolute Gasteiger partial charge is 0.436 e. The van der Waals surface area contributed by atoms with Gasteiger partial charge in [-0.25, -0.2) is 9.37 Å². The van der Waals surface area contributed by atoms with Gasteiger partial charge in [-0.15, -0.1) is 0 Å². The van der Waals surface area contributed by atoms with Crippen molar-refractivity contribution in [2.75, 3.05) is 5.32 Å². The average molecular weight is 425 g/mol. The number of nitrogens with zero attached hydrogens (tertiary/aromatic N) is 1. The minimum Gasteiger partial charge on any atom is -0.436 e. The van der Waals surface area contributed by atoms with E-state index in [0.717, 1.165) is 15.6 Å². The Kier molecular flexibility index (Phi) is 4.49. The lowest BCUT2D eigenvalue weighted by atomic mass is 10.1. The van der Waals surface area contributed by atoms with Crippen molar-refractivity contribution >= 4 is 38.6 Å². The summed E-state index contributed by atoms with van der Waals surface area (Å²) in [5.41, 5.74) is 3.66. The first-order valence-corrected chi connectivity index (χ1v) is 9.03. The molecule has 0 aliphatic carbocycles. The van der Waals surface area contributed by atoms with Crippen LogP contribution in [0, 0.1) is 12.7 Å². The lowest BCUT2D eigenvalue weighted by Gasteiger charge is -2.05. The Labute approximate surface area is 163 Å². The fourth-order valence-corrected chi connectivity index (χ4v) is 3.00. The second-order valence-corrected chi connectivity index (χ2v) is 6.95. The molecule has 6 heteroatoms. The Morgan fingerprint density at radius 3 is 2.70 bits per heavy atom. The predicted molar refractivity (Wildman–Crippen MR) is 106 cm³/mol. The molecule has 1 aromatic heterocycles. The molecule has 1 heterocycles. The van der Waals surface area contributed by atoms with Crippen molar-refractivity contribution < 1.29 is 13.6 Å². The molecule has 1 amide bonds. The predicted octanol–water partition coefficient (Wildman–Crippen LogP) is 5.96. The van der Waals surface area contributed by atoms with Crippen LogP contribution in [0.5, 0.6) is 0 Å². The van der Waals surface area contributed by atoms with E-state index in [2.05, 4.69) is 26.2 Å². The summed E-state index contributed by atoms with van der Waals surface area (Å²) in [6.07, 6.45) is 0. The fourth-order valence-electron chi connectivity index (χ4n) is 2.75. The first-order valence-electron chi connectivity index (χ1n) is 8.24. The number of anilines is 1. The number of hydrogen-bond acceptors (Lipinski definition) is 3. The molecule has 0 aliphatic rings. The van der Waals surface area contributed by atoms with Crippen molar-refractivity contribution in [1.82, 2.24) is 4.98 Å². The molecule has 0 radical (unpaired) electrons. The lowest BCUT2D eigenvalue weighted by Crippen LogP contribution is -2.13. The van der Waals surface area contributed by atoms with Gasteiger partial charge in [0.05, 0.1) is 5.56 Å². The third kappa shape index (κ3) is 3.48. The van der Waals surface area contributed by atoms with Gasteiger partial charge in [0.2, 0.25) is 5.89 Å². The van der Waals surface area contributed by atoms with E-state index < -0.39 is 11.7 Å². The number of rotatable bonds is 3. The van der Waals surface area contributed by atoms with Crippen molar-refractivity contribution in [3.8, 4) is 11.5 Å². The highest BCUT2D eigenvalue weighted by Crippen LogP contribution is 2.29. The number of amides is 1. The number of aryl methyl sites for hydroxylation is 1. The zero-order valence-corrected chi connectivity index (χ0v) is 15.9. The van der Waals surface area contributed by atoms with Crippen LogP contribution >= 0.6 is 15.9 Å². The minimum absolute atomic E-state index is 0.0104. The van der Waals surface area contributed by atoms with Gasteiger partial charge in [0, 0.05) is 15.7 Å². The van der Waals surface area contributed by atoms with E-state index in [4.69, 9.17) is 4.42 Å². The van der Waals surface area contributed by atoms with E-state index >= 15 is 0 Å². The molecule has 3 aromatic carbocycles. The fraction of sp³-hybridized carbons (Fsp3) is 0.0476. The maximum absolute atomic E-state index is 13.8. The Balaban J connectivity index is 1.64. The number of hydrogen-bond donors (Lipinski definition) is 1. The Morgan fingerprint density at radius 2 is 1.93 bits per heavy atom. The number of nitrogens with one attached hydrogen (secondary N) is 1. The lowest BCUT2D eigenvalue weighted by molar-refractivity contribution is 0.102. The number of carbonyl (C=O) groups is 1. The molecule has 1 N–H and O–H groups in total. The first kappa shape index (κ1) is 17.4.